The van der Waals surface area contributed by atoms with Gasteiger partial charge >= 0.3 is 0 Å². The Morgan fingerprint density at radius 1 is 1.15 bits per heavy atom. The molecule has 2 N–H and O–H groups in total. The van der Waals surface area contributed by atoms with Crippen molar-refractivity contribution in [2.75, 3.05) is 17.2 Å². The summed E-state index contributed by atoms with van der Waals surface area (Å²) in [6.07, 6.45) is 8.12. The van der Waals surface area contributed by atoms with Gasteiger partial charge in [0.25, 0.3) is 0 Å². The predicted octanol–water partition coefficient (Wildman–Crippen LogP) is 5.33. The maximum absolute atomic E-state index is 14.5. The topological polar surface area (TPSA) is 76.5 Å². The molecule has 2 fully saturated rings. The summed E-state index contributed by atoms with van der Waals surface area (Å²) >= 11 is 0. The van der Waals surface area contributed by atoms with Crippen molar-refractivity contribution in [3.63, 3.8) is 0 Å². The summed E-state index contributed by atoms with van der Waals surface area (Å²) in [6, 6.07) is 5.01. The van der Waals surface area contributed by atoms with E-state index in [1.807, 2.05) is 4.90 Å². The maximum atomic E-state index is 14.5. The zero-order valence-corrected chi connectivity index (χ0v) is 18.8. The smallest absolute Gasteiger partial charge is 0.170 e. The van der Waals surface area contributed by atoms with Crippen LogP contribution >= 0.6 is 0 Å². The average Bonchev–Trinajstić information content (AvgIpc) is 3.40. The number of nitrogens with zero attached hydrogens (tertiary/aromatic N) is 4. The van der Waals surface area contributed by atoms with Crippen LogP contribution in [0.3, 0.4) is 0 Å². The molecule has 1 atom stereocenters. The molecule has 0 bridgehead atoms. The zero-order chi connectivity index (χ0) is 23.1. The number of rotatable bonds is 5. The Balaban J connectivity index is 1.45. The number of nitrogens with two attached hydrogens (primary N) is 1. The molecule has 0 amide bonds. The second-order valence-electron chi connectivity index (χ2n) is 9.58. The number of hydrogen-bond donors (Lipinski definition) is 1. The Bertz CT molecular complexity index is 1180. The minimum absolute atomic E-state index is 0.0270. The first kappa shape index (κ1) is 21.8. The van der Waals surface area contributed by atoms with E-state index in [2.05, 4.69) is 12.0 Å². The molecule has 8 heteroatoms. The van der Waals surface area contributed by atoms with Gasteiger partial charge in [-0.15, -0.1) is 5.10 Å². The predicted molar refractivity (Wildman–Crippen MR) is 123 cm³/mol. The highest BCUT2D eigenvalue weighted by Crippen LogP contribution is 2.37. The van der Waals surface area contributed by atoms with Gasteiger partial charge in [0.05, 0.1) is 6.04 Å². The first-order valence-electron chi connectivity index (χ1n) is 11.8. The summed E-state index contributed by atoms with van der Waals surface area (Å²) in [5, 5.41) is 4.29. The fraction of sp³-hybridized carbons (Fsp3) is 0.480. The normalized spacial score (nSPS) is 23.4. The van der Waals surface area contributed by atoms with Crippen molar-refractivity contribution in [1.82, 2.24) is 14.6 Å². The second-order valence-corrected chi connectivity index (χ2v) is 9.58. The molecule has 1 aliphatic heterocycles. The lowest BCUT2D eigenvalue weighted by atomic mass is 9.80. The van der Waals surface area contributed by atoms with Crippen LogP contribution in [0.2, 0.25) is 0 Å². The molecule has 3 aromatic rings. The number of Topliss-reactive ketones (excluding diaryl/α,β-unsaturated/α-hetero) is 1. The van der Waals surface area contributed by atoms with Crippen molar-refractivity contribution in [1.29, 1.82) is 0 Å². The van der Waals surface area contributed by atoms with Gasteiger partial charge in [0.15, 0.2) is 17.2 Å². The van der Waals surface area contributed by atoms with Crippen LogP contribution in [0, 0.1) is 23.5 Å². The summed E-state index contributed by atoms with van der Waals surface area (Å²) in [5.41, 5.74) is 7.25. The Kier molecular flexibility index (Phi) is 5.76. The molecule has 2 aromatic heterocycles. The Morgan fingerprint density at radius 2 is 1.94 bits per heavy atom. The van der Waals surface area contributed by atoms with Crippen molar-refractivity contribution in [3.8, 4) is 0 Å². The monoisotopic (exact) mass is 453 g/mol. The highest BCUT2D eigenvalue weighted by atomic mass is 19.1. The first-order chi connectivity index (χ1) is 15.9. The summed E-state index contributed by atoms with van der Waals surface area (Å²) in [7, 11) is 0. The number of carbonyl (C=O) groups is 1. The van der Waals surface area contributed by atoms with Crippen LogP contribution in [0.15, 0.2) is 30.5 Å². The SMILES string of the molecule is CC1CCC(CC(=O)c2c(N)nn3ccc(N4CCC[C@@H]4c4cc(F)ccc4F)nc23)CC1. The van der Waals surface area contributed by atoms with E-state index in [1.54, 1.807) is 12.3 Å². The number of halogens is 2. The summed E-state index contributed by atoms with van der Waals surface area (Å²) < 4.78 is 29.9. The standard InChI is InChI=1S/C25H29F2N5O/c1-15-4-6-16(7-5-15)13-21(33)23-24(28)30-32-12-10-22(29-25(23)32)31-11-2-3-20(31)18-14-17(26)8-9-19(18)27/h8-10,12,14-16,20H,2-7,11,13H2,1H3,(H2,28,30)/t15?,16?,20-/m1/s1. The molecule has 0 unspecified atom stereocenters. The number of hydrogen-bond acceptors (Lipinski definition) is 5. The van der Waals surface area contributed by atoms with Crippen molar-refractivity contribution in [2.24, 2.45) is 11.8 Å². The number of ketones is 1. The third kappa shape index (κ3) is 4.18. The van der Waals surface area contributed by atoms with Crippen LogP contribution in [-0.2, 0) is 0 Å². The van der Waals surface area contributed by atoms with Crippen LogP contribution in [0.1, 0.15) is 73.8 Å². The van der Waals surface area contributed by atoms with Crippen molar-refractivity contribution in [3.05, 3.63) is 53.2 Å². The number of carbonyl (C=O) groups excluding carboxylic acids is 1. The number of anilines is 2. The molecule has 1 saturated heterocycles. The lowest BCUT2D eigenvalue weighted by Gasteiger charge is -2.26. The third-order valence-corrected chi connectivity index (χ3v) is 7.25. The molecule has 0 radical (unpaired) electrons. The van der Waals surface area contributed by atoms with Crippen LogP contribution in [-0.4, -0.2) is 26.9 Å². The fourth-order valence-electron chi connectivity index (χ4n) is 5.40. The van der Waals surface area contributed by atoms with Gasteiger partial charge in [-0.3, -0.25) is 4.79 Å². The minimum atomic E-state index is -0.463. The third-order valence-electron chi connectivity index (χ3n) is 7.25. The van der Waals surface area contributed by atoms with Crippen molar-refractivity contribution in [2.45, 2.75) is 57.9 Å². The van der Waals surface area contributed by atoms with Crippen LogP contribution < -0.4 is 10.6 Å². The Labute approximate surface area is 191 Å². The van der Waals surface area contributed by atoms with Gasteiger partial charge in [0.1, 0.15) is 23.0 Å². The lowest BCUT2D eigenvalue weighted by molar-refractivity contribution is 0.0946. The number of aromatic nitrogens is 3. The number of benzene rings is 1. The van der Waals surface area contributed by atoms with E-state index in [0.717, 1.165) is 50.2 Å². The second kappa shape index (κ2) is 8.72. The van der Waals surface area contributed by atoms with Gasteiger partial charge in [-0.2, -0.15) is 0 Å². The highest BCUT2D eigenvalue weighted by Gasteiger charge is 2.31. The molecule has 0 spiro atoms. The van der Waals surface area contributed by atoms with E-state index in [1.165, 1.54) is 10.6 Å². The molecule has 174 valence electrons. The molecule has 5 rings (SSSR count). The largest absolute Gasteiger partial charge is 0.382 e. The molecule has 1 aromatic carbocycles. The van der Waals surface area contributed by atoms with Crippen molar-refractivity contribution >= 4 is 23.1 Å². The fourth-order valence-corrected chi connectivity index (χ4v) is 5.40. The maximum Gasteiger partial charge on any atom is 0.170 e. The Morgan fingerprint density at radius 3 is 2.73 bits per heavy atom. The van der Waals surface area contributed by atoms with Gasteiger partial charge in [-0.1, -0.05) is 19.8 Å². The Hall–Kier alpha value is -3.03. The number of nitrogen functional groups attached to an aromatic ring is 1. The molecule has 1 saturated carbocycles. The molecular formula is C25H29F2N5O. The first-order valence-corrected chi connectivity index (χ1v) is 11.8. The number of fused-ring (bicyclic) bond motifs is 1. The van der Waals surface area contributed by atoms with Crippen LogP contribution in [0.5, 0.6) is 0 Å². The molecular weight excluding hydrogens is 424 g/mol. The average molecular weight is 454 g/mol. The van der Waals surface area contributed by atoms with Crippen LogP contribution in [0.25, 0.3) is 5.65 Å². The van der Waals surface area contributed by atoms with Crippen molar-refractivity contribution < 1.29 is 13.6 Å². The van der Waals surface area contributed by atoms with Gasteiger partial charge in [0.2, 0.25) is 0 Å². The lowest BCUT2D eigenvalue weighted by Crippen LogP contribution is -2.24. The summed E-state index contributed by atoms with van der Waals surface area (Å²) in [5.74, 6) is 0.956. The van der Waals surface area contributed by atoms with Gasteiger partial charge in [-0.05, 0) is 61.8 Å². The molecule has 6 nitrogen and oxygen atoms in total. The van der Waals surface area contributed by atoms with E-state index < -0.39 is 11.6 Å². The summed E-state index contributed by atoms with van der Waals surface area (Å²) in [6.45, 7) is 2.92. The summed E-state index contributed by atoms with van der Waals surface area (Å²) in [4.78, 5) is 19.9. The van der Waals surface area contributed by atoms with E-state index in [0.29, 0.717) is 47.9 Å². The van der Waals surface area contributed by atoms with E-state index >= 15 is 0 Å². The quantitative estimate of drug-likeness (QED) is 0.529. The zero-order valence-electron chi connectivity index (χ0n) is 18.8. The van der Waals surface area contributed by atoms with E-state index in [-0.39, 0.29) is 17.6 Å². The minimum Gasteiger partial charge on any atom is -0.382 e. The molecule has 1 aliphatic carbocycles. The highest BCUT2D eigenvalue weighted by molar-refractivity contribution is 6.05. The van der Waals surface area contributed by atoms with Crippen LogP contribution in [0.4, 0.5) is 20.4 Å². The molecule has 33 heavy (non-hydrogen) atoms. The van der Waals surface area contributed by atoms with E-state index in [9.17, 15) is 13.6 Å². The van der Waals surface area contributed by atoms with Gasteiger partial charge in [-0.25, -0.2) is 18.3 Å². The van der Waals surface area contributed by atoms with Gasteiger partial charge in [0, 0.05) is 24.7 Å². The van der Waals surface area contributed by atoms with Gasteiger partial charge < -0.3 is 10.6 Å². The molecule has 3 heterocycles. The molecule has 2 aliphatic rings. The van der Waals surface area contributed by atoms with E-state index in [4.69, 9.17) is 10.7 Å².